The SMILES string of the molecule is CCN(c1ccccc1)S(=O)(=O)c1ccc(OC)c(NC(=O)CN(C)C)c1.O=C(O)C(=O)O. The summed E-state index contributed by atoms with van der Waals surface area (Å²) in [5.41, 5.74) is 0.892. The van der Waals surface area contributed by atoms with Crippen LogP contribution in [-0.2, 0) is 24.4 Å². The Bertz CT molecular complexity index is 1060. The van der Waals surface area contributed by atoms with Crippen LogP contribution in [0.15, 0.2) is 53.4 Å². The molecule has 0 radical (unpaired) electrons. The largest absolute Gasteiger partial charge is 0.495 e. The number of sulfonamides is 1. The summed E-state index contributed by atoms with van der Waals surface area (Å²) in [7, 11) is 1.22. The van der Waals surface area contributed by atoms with E-state index in [0.717, 1.165) is 0 Å². The number of rotatable bonds is 8. The molecule has 0 aliphatic heterocycles. The first kappa shape index (κ1) is 27.4. The Labute approximate surface area is 192 Å². The highest BCUT2D eigenvalue weighted by molar-refractivity contribution is 7.92. The third-order valence-electron chi connectivity index (χ3n) is 4.01. The maximum atomic E-state index is 13.1. The molecule has 33 heavy (non-hydrogen) atoms. The molecule has 0 spiro atoms. The minimum atomic E-state index is -3.79. The minimum Gasteiger partial charge on any atom is -0.495 e. The molecule has 11 nitrogen and oxygen atoms in total. The number of carboxylic acid groups (broad SMARTS) is 2. The smallest absolute Gasteiger partial charge is 0.414 e. The number of anilines is 2. The van der Waals surface area contributed by atoms with Gasteiger partial charge in [-0.2, -0.15) is 0 Å². The summed E-state index contributed by atoms with van der Waals surface area (Å²) in [6, 6.07) is 13.3. The lowest BCUT2D eigenvalue weighted by atomic mass is 10.3. The van der Waals surface area contributed by atoms with Crippen molar-refractivity contribution in [1.82, 2.24) is 4.90 Å². The standard InChI is InChI=1S/C19H25N3O4S.C2H2O4/c1-5-22(15-9-7-6-8-10-15)27(24,25)16-11-12-18(26-4)17(13-16)20-19(23)14-21(2)3;3-1(4)2(5)6/h6-13H,5,14H2,1-4H3,(H,20,23);(H,3,4)(H,5,6). The molecule has 0 aliphatic carbocycles. The lowest BCUT2D eigenvalue weighted by molar-refractivity contribution is -0.159. The highest BCUT2D eigenvalue weighted by atomic mass is 32.2. The number of nitrogens with zero attached hydrogens (tertiary/aromatic N) is 2. The van der Waals surface area contributed by atoms with E-state index < -0.39 is 22.0 Å². The average Bonchev–Trinajstić information content (AvgIpc) is 2.74. The van der Waals surface area contributed by atoms with Crippen LogP contribution < -0.4 is 14.4 Å². The van der Waals surface area contributed by atoms with E-state index in [1.54, 1.807) is 50.2 Å². The van der Waals surface area contributed by atoms with Crippen molar-refractivity contribution in [3.63, 3.8) is 0 Å². The second-order valence-corrected chi connectivity index (χ2v) is 8.63. The zero-order valence-electron chi connectivity index (χ0n) is 18.7. The van der Waals surface area contributed by atoms with Crippen LogP contribution in [0, 0.1) is 0 Å². The van der Waals surface area contributed by atoms with Crippen molar-refractivity contribution in [1.29, 1.82) is 0 Å². The first-order chi connectivity index (χ1) is 15.4. The number of para-hydroxylation sites is 1. The number of carbonyl (C=O) groups is 3. The molecular formula is C21H27N3O8S. The monoisotopic (exact) mass is 481 g/mol. The fourth-order valence-corrected chi connectivity index (χ4v) is 4.14. The number of carboxylic acids is 2. The maximum absolute atomic E-state index is 13.1. The van der Waals surface area contributed by atoms with Crippen molar-refractivity contribution >= 4 is 39.2 Å². The van der Waals surface area contributed by atoms with Gasteiger partial charge in [0.2, 0.25) is 5.91 Å². The Kier molecular flexibility index (Phi) is 10.3. The number of methoxy groups -OCH3 is 1. The summed E-state index contributed by atoms with van der Waals surface area (Å²) in [5, 5.41) is 17.5. The molecule has 1 amide bonds. The molecule has 3 N–H and O–H groups in total. The summed E-state index contributed by atoms with van der Waals surface area (Å²) in [5.74, 6) is -3.52. The van der Waals surface area contributed by atoms with Gasteiger partial charge in [0.05, 0.1) is 29.9 Å². The van der Waals surface area contributed by atoms with E-state index in [9.17, 15) is 13.2 Å². The summed E-state index contributed by atoms with van der Waals surface area (Å²) in [6.07, 6.45) is 0. The summed E-state index contributed by atoms with van der Waals surface area (Å²) in [4.78, 5) is 32.1. The lowest BCUT2D eigenvalue weighted by Gasteiger charge is -2.23. The average molecular weight is 482 g/mol. The van der Waals surface area contributed by atoms with E-state index in [2.05, 4.69) is 5.32 Å². The van der Waals surface area contributed by atoms with Crippen LogP contribution in [0.3, 0.4) is 0 Å². The van der Waals surface area contributed by atoms with Gasteiger partial charge in [-0.3, -0.25) is 9.10 Å². The van der Waals surface area contributed by atoms with Crippen molar-refractivity contribution in [2.24, 2.45) is 0 Å². The van der Waals surface area contributed by atoms with Gasteiger partial charge in [0.25, 0.3) is 10.0 Å². The van der Waals surface area contributed by atoms with Crippen LogP contribution in [0.2, 0.25) is 0 Å². The lowest BCUT2D eigenvalue weighted by Crippen LogP contribution is -2.31. The highest BCUT2D eigenvalue weighted by Gasteiger charge is 2.25. The van der Waals surface area contributed by atoms with Crippen molar-refractivity contribution < 1.29 is 37.8 Å². The van der Waals surface area contributed by atoms with Crippen LogP contribution in [-0.4, -0.2) is 75.7 Å². The fourth-order valence-electron chi connectivity index (χ4n) is 2.63. The quantitative estimate of drug-likeness (QED) is 0.477. The van der Waals surface area contributed by atoms with Gasteiger partial charge in [0.1, 0.15) is 5.75 Å². The topological polar surface area (TPSA) is 154 Å². The van der Waals surface area contributed by atoms with Crippen molar-refractivity contribution in [3.8, 4) is 5.75 Å². The second kappa shape index (κ2) is 12.4. The molecule has 0 saturated heterocycles. The molecule has 0 aromatic heterocycles. The summed E-state index contributed by atoms with van der Waals surface area (Å²) < 4.78 is 32.9. The van der Waals surface area contributed by atoms with E-state index in [1.807, 2.05) is 6.07 Å². The highest BCUT2D eigenvalue weighted by Crippen LogP contribution is 2.30. The van der Waals surface area contributed by atoms with Crippen LogP contribution in [0.25, 0.3) is 0 Å². The molecule has 0 bridgehead atoms. The Morgan fingerprint density at radius 2 is 1.58 bits per heavy atom. The van der Waals surface area contributed by atoms with Gasteiger partial charge < -0.3 is 25.2 Å². The van der Waals surface area contributed by atoms with Gasteiger partial charge in [-0.05, 0) is 51.4 Å². The third kappa shape index (κ3) is 8.09. The van der Waals surface area contributed by atoms with Crippen molar-refractivity contribution in [2.75, 3.05) is 43.9 Å². The summed E-state index contributed by atoms with van der Waals surface area (Å²) in [6.45, 7) is 2.22. The third-order valence-corrected chi connectivity index (χ3v) is 5.91. The van der Waals surface area contributed by atoms with E-state index in [1.165, 1.54) is 29.6 Å². The van der Waals surface area contributed by atoms with Gasteiger partial charge >= 0.3 is 11.9 Å². The normalized spacial score (nSPS) is 10.6. The number of likely N-dealkylation sites (N-methyl/N-ethyl adjacent to an activating group) is 1. The predicted octanol–water partition coefficient (Wildman–Crippen LogP) is 1.57. The molecule has 0 heterocycles. The molecule has 0 aliphatic rings. The maximum Gasteiger partial charge on any atom is 0.414 e. The van der Waals surface area contributed by atoms with Crippen molar-refractivity contribution in [3.05, 3.63) is 48.5 Å². The second-order valence-electron chi connectivity index (χ2n) is 6.76. The number of ether oxygens (including phenoxy) is 1. The minimum absolute atomic E-state index is 0.0779. The van der Waals surface area contributed by atoms with Gasteiger partial charge in [-0.1, -0.05) is 18.2 Å². The Balaban J connectivity index is 0.000000801. The molecule has 2 aromatic rings. The number of hydrogen-bond donors (Lipinski definition) is 3. The first-order valence-corrected chi connectivity index (χ1v) is 11.0. The number of nitrogens with one attached hydrogen (secondary N) is 1. The van der Waals surface area contributed by atoms with E-state index in [-0.39, 0.29) is 23.9 Å². The molecule has 0 unspecified atom stereocenters. The van der Waals surface area contributed by atoms with Gasteiger partial charge in [0.15, 0.2) is 0 Å². The van der Waals surface area contributed by atoms with E-state index >= 15 is 0 Å². The molecular weight excluding hydrogens is 454 g/mol. The summed E-state index contributed by atoms with van der Waals surface area (Å²) >= 11 is 0. The fraction of sp³-hybridized carbons (Fsp3) is 0.286. The Hall–Kier alpha value is -3.64. The Morgan fingerprint density at radius 1 is 1.00 bits per heavy atom. The van der Waals surface area contributed by atoms with Gasteiger partial charge in [-0.25, -0.2) is 18.0 Å². The van der Waals surface area contributed by atoms with Gasteiger partial charge in [-0.15, -0.1) is 0 Å². The number of hydrogen-bond acceptors (Lipinski definition) is 7. The van der Waals surface area contributed by atoms with Gasteiger partial charge in [0, 0.05) is 6.54 Å². The van der Waals surface area contributed by atoms with Crippen LogP contribution in [0.4, 0.5) is 11.4 Å². The number of aliphatic carboxylic acids is 2. The molecule has 0 saturated carbocycles. The zero-order chi connectivity index (χ0) is 25.2. The van der Waals surface area contributed by atoms with Crippen LogP contribution in [0.1, 0.15) is 6.92 Å². The van der Waals surface area contributed by atoms with E-state index in [0.29, 0.717) is 17.1 Å². The number of benzene rings is 2. The molecule has 180 valence electrons. The molecule has 0 fully saturated rings. The molecule has 2 aromatic carbocycles. The van der Waals surface area contributed by atoms with Crippen LogP contribution in [0.5, 0.6) is 5.75 Å². The predicted molar refractivity (Wildman–Crippen MR) is 122 cm³/mol. The van der Waals surface area contributed by atoms with Crippen molar-refractivity contribution in [2.45, 2.75) is 11.8 Å². The molecule has 0 atom stereocenters. The number of carbonyl (C=O) groups excluding carboxylic acids is 1. The zero-order valence-corrected chi connectivity index (χ0v) is 19.5. The first-order valence-electron chi connectivity index (χ1n) is 9.60. The van der Waals surface area contributed by atoms with E-state index in [4.69, 9.17) is 24.5 Å². The number of amides is 1. The molecule has 2 rings (SSSR count). The molecule has 12 heteroatoms. The van der Waals surface area contributed by atoms with Crippen LogP contribution >= 0.6 is 0 Å². The Morgan fingerprint density at radius 3 is 2.03 bits per heavy atom.